The first kappa shape index (κ1) is 16.0. The number of nitrogens with zero attached hydrogens (tertiary/aromatic N) is 2. The topological polar surface area (TPSA) is 67.6 Å². The van der Waals surface area contributed by atoms with Gasteiger partial charge in [-0.3, -0.25) is 4.79 Å². The van der Waals surface area contributed by atoms with E-state index >= 15 is 0 Å². The van der Waals surface area contributed by atoms with Gasteiger partial charge in [0.25, 0.3) is 5.89 Å². The molecule has 0 saturated carbocycles. The third-order valence-electron chi connectivity index (χ3n) is 4.71. The first-order valence-electron chi connectivity index (χ1n) is 8.20. The van der Waals surface area contributed by atoms with Crippen LogP contribution >= 0.6 is 0 Å². The summed E-state index contributed by atoms with van der Waals surface area (Å²) >= 11 is 0. The summed E-state index contributed by atoms with van der Waals surface area (Å²) in [4.78, 5) is 18.5. The number of carbonyl (C=O) groups excluding carboxylic acids is 1. The van der Waals surface area contributed by atoms with Crippen molar-refractivity contribution in [2.45, 2.75) is 18.9 Å². The van der Waals surface area contributed by atoms with Crippen LogP contribution in [0.25, 0.3) is 0 Å². The van der Waals surface area contributed by atoms with Gasteiger partial charge < -0.3 is 19.4 Å². The van der Waals surface area contributed by atoms with Crippen LogP contribution in [0, 0.1) is 17.6 Å². The lowest BCUT2D eigenvalue weighted by molar-refractivity contribution is 0.0599. The van der Waals surface area contributed by atoms with Gasteiger partial charge in [0.05, 0.1) is 0 Å². The van der Waals surface area contributed by atoms with Crippen LogP contribution in [-0.4, -0.2) is 41.5 Å². The quantitative estimate of drug-likeness (QED) is 0.919. The summed E-state index contributed by atoms with van der Waals surface area (Å²) in [7, 11) is 0. The molecule has 25 heavy (non-hydrogen) atoms. The molecule has 3 saturated heterocycles. The summed E-state index contributed by atoms with van der Waals surface area (Å²) in [5, 5.41) is 2.95. The molecule has 1 aromatic carbocycles. The summed E-state index contributed by atoms with van der Waals surface area (Å²) in [5.74, 6) is -1.79. The monoisotopic (exact) mass is 349 g/mol. The van der Waals surface area contributed by atoms with E-state index in [1.54, 1.807) is 0 Å². The number of halogens is 2. The van der Waals surface area contributed by atoms with Gasteiger partial charge in [0, 0.05) is 30.8 Å². The minimum atomic E-state index is -0.769. The average Bonchev–Trinajstić information content (AvgIpc) is 3.03. The SMILES string of the molecule is O=C(N[C@H]1CN2CCC1CC2)c1ncc(Oc2cc(F)cc(F)c2)o1. The number of benzene rings is 1. The molecule has 2 bridgehead atoms. The Morgan fingerprint density at radius 3 is 2.60 bits per heavy atom. The standard InChI is InChI=1S/C17H17F2N3O3/c18-11-5-12(19)7-13(6-11)24-15-8-20-17(25-15)16(23)21-14-9-22-3-1-10(14)2-4-22/h5-8,10,14H,1-4,9H2,(H,21,23)/t14-/m0/s1. The minimum absolute atomic E-state index is 0.0713. The van der Waals surface area contributed by atoms with Crippen molar-refractivity contribution in [2.75, 3.05) is 19.6 Å². The highest BCUT2D eigenvalue weighted by Crippen LogP contribution is 2.28. The molecule has 2 aromatic rings. The Hall–Kier alpha value is -2.48. The molecule has 1 atom stereocenters. The lowest BCUT2D eigenvalue weighted by atomic mass is 9.84. The first-order chi connectivity index (χ1) is 12.1. The van der Waals surface area contributed by atoms with Crippen molar-refractivity contribution in [2.24, 2.45) is 5.92 Å². The van der Waals surface area contributed by atoms with Gasteiger partial charge in [-0.05, 0) is 31.8 Å². The lowest BCUT2D eigenvalue weighted by Gasteiger charge is -2.44. The zero-order chi connectivity index (χ0) is 17.4. The van der Waals surface area contributed by atoms with Crippen LogP contribution in [0.3, 0.4) is 0 Å². The second-order valence-electron chi connectivity index (χ2n) is 6.41. The number of aromatic nitrogens is 1. The molecule has 6 nitrogen and oxygen atoms in total. The molecular formula is C17H17F2N3O3. The van der Waals surface area contributed by atoms with Crippen molar-refractivity contribution in [3.63, 3.8) is 0 Å². The van der Waals surface area contributed by atoms with Crippen LogP contribution in [-0.2, 0) is 0 Å². The van der Waals surface area contributed by atoms with Crippen molar-refractivity contribution in [1.29, 1.82) is 0 Å². The second kappa shape index (κ2) is 6.44. The van der Waals surface area contributed by atoms with Crippen LogP contribution < -0.4 is 10.1 Å². The van der Waals surface area contributed by atoms with Crippen LogP contribution in [0.15, 0.2) is 28.8 Å². The number of carbonyl (C=O) groups is 1. The van der Waals surface area contributed by atoms with Crippen molar-refractivity contribution in [1.82, 2.24) is 15.2 Å². The normalized spacial score (nSPS) is 25.0. The van der Waals surface area contributed by atoms with Crippen LogP contribution in [0.4, 0.5) is 8.78 Å². The van der Waals surface area contributed by atoms with Crippen LogP contribution in [0.5, 0.6) is 11.7 Å². The summed E-state index contributed by atoms with van der Waals surface area (Å²) in [6.45, 7) is 3.00. The number of hydrogen-bond donors (Lipinski definition) is 1. The summed E-state index contributed by atoms with van der Waals surface area (Å²) < 4.78 is 36.8. The van der Waals surface area contributed by atoms with E-state index in [9.17, 15) is 13.6 Å². The van der Waals surface area contributed by atoms with Gasteiger partial charge in [-0.1, -0.05) is 0 Å². The lowest BCUT2D eigenvalue weighted by Crippen LogP contribution is -2.57. The molecule has 1 amide bonds. The van der Waals surface area contributed by atoms with Crippen molar-refractivity contribution < 1.29 is 22.7 Å². The van der Waals surface area contributed by atoms with Crippen LogP contribution in [0.2, 0.25) is 0 Å². The molecule has 132 valence electrons. The maximum absolute atomic E-state index is 13.2. The van der Waals surface area contributed by atoms with Gasteiger partial charge >= 0.3 is 11.9 Å². The molecule has 3 aliphatic heterocycles. The molecule has 3 aliphatic rings. The highest BCUT2D eigenvalue weighted by atomic mass is 19.1. The van der Waals surface area contributed by atoms with Crippen molar-refractivity contribution >= 4 is 5.91 Å². The van der Waals surface area contributed by atoms with Gasteiger partial charge in [-0.2, -0.15) is 0 Å². The van der Waals surface area contributed by atoms with E-state index in [4.69, 9.17) is 9.15 Å². The Bertz CT molecular complexity index is 767. The highest BCUT2D eigenvalue weighted by molar-refractivity contribution is 5.89. The highest BCUT2D eigenvalue weighted by Gasteiger charge is 2.35. The Morgan fingerprint density at radius 2 is 1.96 bits per heavy atom. The van der Waals surface area contributed by atoms with Gasteiger partial charge in [0.2, 0.25) is 0 Å². The number of fused-ring (bicyclic) bond motifs is 3. The molecule has 0 radical (unpaired) electrons. The number of hydrogen-bond acceptors (Lipinski definition) is 5. The molecule has 3 fully saturated rings. The molecule has 0 spiro atoms. The van der Waals surface area contributed by atoms with Crippen LogP contribution in [0.1, 0.15) is 23.5 Å². The number of amides is 1. The predicted octanol–water partition coefficient (Wildman–Crippen LogP) is 2.57. The number of ether oxygens (including phenoxy) is 1. The second-order valence-corrected chi connectivity index (χ2v) is 6.41. The largest absolute Gasteiger partial charge is 0.425 e. The zero-order valence-electron chi connectivity index (χ0n) is 13.4. The fourth-order valence-electron chi connectivity index (χ4n) is 3.47. The zero-order valence-corrected chi connectivity index (χ0v) is 13.4. The number of piperidine rings is 3. The fourth-order valence-corrected chi connectivity index (χ4v) is 3.47. The van der Waals surface area contributed by atoms with Gasteiger partial charge in [0.1, 0.15) is 23.6 Å². The molecule has 1 aromatic heterocycles. The number of rotatable bonds is 4. The van der Waals surface area contributed by atoms with E-state index in [2.05, 4.69) is 15.2 Å². The Labute approximate surface area is 142 Å². The molecule has 4 heterocycles. The first-order valence-corrected chi connectivity index (χ1v) is 8.20. The van der Waals surface area contributed by atoms with E-state index in [0.717, 1.165) is 50.7 Å². The smallest absolute Gasteiger partial charge is 0.311 e. The maximum atomic E-state index is 13.2. The molecule has 1 N–H and O–H groups in total. The number of nitrogens with one attached hydrogen (secondary N) is 1. The van der Waals surface area contributed by atoms with Gasteiger partial charge in [0.15, 0.2) is 0 Å². The van der Waals surface area contributed by atoms with E-state index in [1.807, 2.05) is 0 Å². The van der Waals surface area contributed by atoms with E-state index in [1.165, 1.54) is 6.20 Å². The Morgan fingerprint density at radius 1 is 1.24 bits per heavy atom. The van der Waals surface area contributed by atoms with Gasteiger partial charge in [-0.15, -0.1) is 0 Å². The van der Waals surface area contributed by atoms with Crippen molar-refractivity contribution in [3.8, 4) is 11.7 Å². The third kappa shape index (κ3) is 3.48. The number of oxazole rings is 1. The maximum Gasteiger partial charge on any atom is 0.311 e. The van der Waals surface area contributed by atoms with Gasteiger partial charge in [-0.25, -0.2) is 13.8 Å². The summed E-state index contributed by atoms with van der Waals surface area (Å²) in [6.07, 6.45) is 3.36. The van der Waals surface area contributed by atoms with E-state index in [0.29, 0.717) is 5.92 Å². The average molecular weight is 349 g/mol. The molecule has 8 heteroatoms. The predicted molar refractivity (Wildman–Crippen MR) is 83.4 cm³/mol. The Balaban J connectivity index is 1.41. The minimum Gasteiger partial charge on any atom is -0.425 e. The molecular weight excluding hydrogens is 332 g/mol. The summed E-state index contributed by atoms with van der Waals surface area (Å²) in [6, 6.07) is 2.85. The third-order valence-corrected chi connectivity index (χ3v) is 4.71. The summed E-state index contributed by atoms with van der Waals surface area (Å²) in [5.41, 5.74) is 0. The molecule has 5 rings (SSSR count). The van der Waals surface area contributed by atoms with Crippen molar-refractivity contribution in [3.05, 3.63) is 41.9 Å². The fraction of sp³-hybridized carbons (Fsp3) is 0.412. The molecule has 0 aliphatic carbocycles. The Kier molecular flexibility index (Phi) is 4.12. The molecule has 0 unspecified atom stereocenters. The van der Waals surface area contributed by atoms with E-state index in [-0.39, 0.29) is 23.6 Å². The van der Waals surface area contributed by atoms with E-state index < -0.39 is 17.5 Å².